The number of nitrogen functional groups attached to an aromatic ring is 1. The maximum absolute atomic E-state index is 12.0. The molecule has 0 bridgehead atoms. The molecule has 0 saturated heterocycles. The fraction of sp³-hybridized carbons (Fsp3) is 0.214. The average molecular weight is 355 g/mol. The Morgan fingerprint density at radius 2 is 2.17 bits per heavy atom. The third-order valence-electron chi connectivity index (χ3n) is 2.85. The SMILES string of the molecule is COc1cc(/C=N\NC(=O)c2sc(N)nc2C)cc(Cl)c1OC. The van der Waals surface area contributed by atoms with Gasteiger partial charge < -0.3 is 15.2 Å². The first-order valence-corrected chi connectivity index (χ1v) is 7.63. The molecule has 0 aliphatic carbocycles. The highest BCUT2D eigenvalue weighted by molar-refractivity contribution is 7.17. The summed E-state index contributed by atoms with van der Waals surface area (Å²) in [4.78, 5) is 16.4. The van der Waals surface area contributed by atoms with Crippen molar-refractivity contribution in [2.75, 3.05) is 20.0 Å². The number of benzene rings is 1. The van der Waals surface area contributed by atoms with E-state index in [1.54, 1.807) is 19.1 Å². The molecule has 0 unspecified atom stereocenters. The van der Waals surface area contributed by atoms with Crippen molar-refractivity contribution in [3.8, 4) is 11.5 Å². The van der Waals surface area contributed by atoms with Crippen molar-refractivity contribution in [1.29, 1.82) is 0 Å². The Hall–Kier alpha value is -2.32. The number of nitrogens with zero attached hydrogens (tertiary/aromatic N) is 2. The predicted octanol–water partition coefficient (Wildman–Crippen LogP) is 2.47. The van der Waals surface area contributed by atoms with Crippen LogP contribution in [0.5, 0.6) is 11.5 Å². The second-order valence-corrected chi connectivity index (χ2v) is 5.84. The van der Waals surface area contributed by atoms with E-state index in [0.717, 1.165) is 11.3 Å². The van der Waals surface area contributed by atoms with Gasteiger partial charge in [0.25, 0.3) is 5.91 Å². The number of ether oxygens (including phenoxy) is 2. The monoisotopic (exact) mass is 354 g/mol. The molecule has 1 heterocycles. The molecule has 7 nitrogen and oxygen atoms in total. The number of nitrogens with two attached hydrogens (primary N) is 1. The molecule has 1 aromatic carbocycles. The Balaban J connectivity index is 2.13. The Kier molecular flexibility index (Phi) is 5.41. The molecule has 2 rings (SSSR count). The van der Waals surface area contributed by atoms with Gasteiger partial charge in [0, 0.05) is 0 Å². The van der Waals surface area contributed by atoms with Gasteiger partial charge in [-0.05, 0) is 24.6 Å². The number of methoxy groups -OCH3 is 2. The lowest BCUT2D eigenvalue weighted by molar-refractivity contribution is 0.0958. The quantitative estimate of drug-likeness (QED) is 0.634. The minimum atomic E-state index is -0.375. The zero-order valence-corrected chi connectivity index (χ0v) is 14.3. The maximum Gasteiger partial charge on any atom is 0.283 e. The molecule has 122 valence electrons. The number of halogens is 1. The van der Waals surface area contributed by atoms with E-state index in [1.807, 2.05) is 0 Å². The first-order chi connectivity index (χ1) is 11.0. The standard InChI is InChI=1S/C14H15ClN4O3S/c1-7-12(23-14(16)18-7)13(20)19-17-6-8-4-9(15)11(22-3)10(5-8)21-2/h4-6H,1-3H3,(H2,16,18)(H,19,20)/b17-6-. The van der Waals surface area contributed by atoms with E-state index in [0.29, 0.717) is 37.8 Å². The molecule has 0 spiro atoms. The summed E-state index contributed by atoms with van der Waals surface area (Å²) < 4.78 is 10.3. The number of aryl methyl sites for hydroxylation is 1. The number of anilines is 1. The number of aromatic nitrogens is 1. The molecule has 0 aliphatic rings. The number of thiazole rings is 1. The molecule has 1 amide bonds. The predicted molar refractivity (Wildman–Crippen MR) is 90.9 cm³/mol. The molecule has 1 aromatic heterocycles. The number of carbonyl (C=O) groups is 1. The number of hydrogen-bond donors (Lipinski definition) is 2. The Bertz CT molecular complexity index is 761. The first-order valence-electron chi connectivity index (χ1n) is 6.44. The Labute approximate surface area is 142 Å². The second-order valence-electron chi connectivity index (χ2n) is 4.40. The third-order valence-corrected chi connectivity index (χ3v) is 4.12. The zero-order chi connectivity index (χ0) is 17.0. The maximum atomic E-state index is 12.0. The van der Waals surface area contributed by atoms with Gasteiger partial charge in [-0.3, -0.25) is 4.79 Å². The van der Waals surface area contributed by atoms with E-state index >= 15 is 0 Å². The number of rotatable bonds is 5. The van der Waals surface area contributed by atoms with Crippen LogP contribution in [0, 0.1) is 6.92 Å². The van der Waals surface area contributed by atoms with Crippen molar-refractivity contribution in [2.24, 2.45) is 5.10 Å². The van der Waals surface area contributed by atoms with Gasteiger partial charge in [0.15, 0.2) is 16.6 Å². The van der Waals surface area contributed by atoms with Crippen LogP contribution in [0.1, 0.15) is 20.9 Å². The van der Waals surface area contributed by atoms with Crippen LogP contribution in [0.25, 0.3) is 0 Å². The minimum Gasteiger partial charge on any atom is -0.493 e. The summed E-state index contributed by atoms with van der Waals surface area (Å²) in [5, 5.41) is 4.62. The minimum absolute atomic E-state index is 0.336. The summed E-state index contributed by atoms with van der Waals surface area (Å²) in [6, 6.07) is 3.34. The van der Waals surface area contributed by atoms with Crippen LogP contribution in [0.15, 0.2) is 17.2 Å². The van der Waals surface area contributed by atoms with E-state index in [1.165, 1.54) is 20.4 Å². The zero-order valence-electron chi connectivity index (χ0n) is 12.7. The highest BCUT2D eigenvalue weighted by Crippen LogP contribution is 2.35. The highest BCUT2D eigenvalue weighted by atomic mass is 35.5. The van der Waals surface area contributed by atoms with Crippen molar-refractivity contribution < 1.29 is 14.3 Å². The summed E-state index contributed by atoms with van der Waals surface area (Å²) in [7, 11) is 3.01. The van der Waals surface area contributed by atoms with Gasteiger partial charge in [-0.2, -0.15) is 5.10 Å². The normalized spacial score (nSPS) is 10.8. The van der Waals surface area contributed by atoms with Gasteiger partial charge >= 0.3 is 0 Å². The molecule has 0 radical (unpaired) electrons. The molecule has 9 heteroatoms. The van der Waals surface area contributed by atoms with E-state index in [4.69, 9.17) is 26.8 Å². The number of nitrogens with one attached hydrogen (secondary N) is 1. The number of hydrogen-bond acceptors (Lipinski definition) is 7. The van der Waals surface area contributed by atoms with E-state index in [-0.39, 0.29) is 5.91 Å². The molecule has 2 aromatic rings. The van der Waals surface area contributed by atoms with Crippen LogP contribution in [-0.4, -0.2) is 31.3 Å². The molecule has 0 aliphatic heterocycles. The second kappa shape index (κ2) is 7.30. The molecule has 3 N–H and O–H groups in total. The van der Waals surface area contributed by atoms with Crippen LogP contribution in [0.4, 0.5) is 5.13 Å². The van der Waals surface area contributed by atoms with Gasteiger partial charge in [-0.15, -0.1) is 0 Å². The summed E-state index contributed by atoms with van der Waals surface area (Å²) >= 11 is 7.21. The topological polar surface area (TPSA) is 98.8 Å². The van der Waals surface area contributed by atoms with Crippen LogP contribution in [0.2, 0.25) is 5.02 Å². The fourth-order valence-corrected chi connectivity index (χ4v) is 2.88. The largest absolute Gasteiger partial charge is 0.493 e. The van der Waals surface area contributed by atoms with Gasteiger partial charge in [-0.1, -0.05) is 22.9 Å². The van der Waals surface area contributed by atoms with Crippen molar-refractivity contribution in [1.82, 2.24) is 10.4 Å². The summed E-state index contributed by atoms with van der Waals surface area (Å²) in [6.45, 7) is 1.71. The van der Waals surface area contributed by atoms with Gasteiger partial charge in [0.2, 0.25) is 0 Å². The summed E-state index contributed by atoms with van der Waals surface area (Å²) in [6.07, 6.45) is 1.45. The van der Waals surface area contributed by atoms with Crippen LogP contribution in [-0.2, 0) is 0 Å². The van der Waals surface area contributed by atoms with Gasteiger partial charge in [-0.25, -0.2) is 10.4 Å². The fourth-order valence-electron chi connectivity index (χ4n) is 1.86. The van der Waals surface area contributed by atoms with E-state index < -0.39 is 0 Å². The van der Waals surface area contributed by atoms with Gasteiger partial charge in [0.1, 0.15) is 4.88 Å². The van der Waals surface area contributed by atoms with Crippen LogP contribution < -0.4 is 20.6 Å². The van der Waals surface area contributed by atoms with Crippen molar-refractivity contribution in [2.45, 2.75) is 6.92 Å². The molecule has 0 saturated carbocycles. The molecular weight excluding hydrogens is 340 g/mol. The molecule has 23 heavy (non-hydrogen) atoms. The Morgan fingerprint density at radius 3 is 2.74 bits per heavy atom. The van der Waals surface area contributed by atoms with Crippen molar-refractivity contribution in [3.63, 3.8) is 0 Å². The molecule has 0 fully saturated rings. The lowest BCUT2D eigenvalue weighted by Crippen LogP contribution is -2.17. The van der Waals surface area contributed by atoms with Crippen LogP contribution in [0.3, 0.4) is 0 Å². The lowest BCUT2D eigenvalue weighted by Gasteiger charge is -2.09. The molecular formula is C14H15ClN4O3S. The smallest absolute Gasteiger partial charge is 0.283 e. The van der Waals surface area contributed by atoms with Crippen molar-refractivity contribution in [3.05, 3.63) is 33.3 Å². The number of hydrazone groups is 1. The van der Waals surface area contributed by atoms with E-state index in [9.17, 15) is 4.79 Å². The first kappa shape index (κ1) is 17.0. The Morgan fingerprint density at radius 1 is 1.43 bits per heavy atom. The number of carbonyl (C=O) groups excluding carboxylic acids is 1. The van der Waals surface area contributed by atoms with Crippen LogP contribution >= 0.6 is 22.9 Å². The average Bonchev–Trinajstić information content (AvgIpc) is 2.85. The van der Waals surface area contributed by atoms with Crippen molar-refractivity contribution >= 4 is 40.2 Å². The third kappa shape index (κ3) is 3.91. The molecule has 0 atom stereocenters. The summed E-state index contributed by atoms with van der Waals surface area (Å²) in [5.41, 5.74) is 9.19. The van der Waals surface area contributed by atoms with E-state index in [2.05, 4.69) is 15.5 Å². The number of amides is 1. The van der Waals surface area contributed by atoms with Gasteiger partial charge in [0.05, 0.1) is 31.2 Å². The summed E-state index contributed by atoms with van der Waals surface area (Å²) in [5.74, 6) is 0.532. The lowest BCUT2D eigenvalue weighted by atomic mass is 10.2. The highest BCUT2D eigenvalue weighted by Gasteiger charge is 2.13.